The highest BCUT2D eigenvalue weighted by Crippen LogP contribution is 2.30. The number of rotatable bonds is 7. The van der Waals surface area contributed by atoms with Gasteiger partial charge in [-0.2, -0.15) is 0 Å². The number of ether oxygens (including phenoxy) is 1. The average molecular weight is 407 g/mol. The molecule has 2 aromatic rings. The topological polar surface area (TPSA) is 128 Å². The van der Waals surface area contributed by atoms with Crippen molar-refractivity contribution in [3.8, 4) is 5.88 Å². The van der Waals surface area contributed by atoms with E-state index in [-0.39, 0.29) is 28.3 Å². The number of non-ortho nitro benzene ring substituents is 1. The Morgan fingerprint density at radius 2 is 1.93 bits per heavy atom. The van der Waals surface area contributed by atoms with Gasteiger partial charge in [0.05, 0.1) is 16.4 Å². The van der Waals surface area contributed by atoms with Crippen molar-refractivity contribution < 1.29 is 18.1 Å². The zero-order chi connectivity index (χ0) is 20.1. The minimum atomic E-state index is -3.99. The summed E-state index contributed by atoms with van der Waals surface area (Å²) in [5.74, 6) is 0.494. The Morgan fingerprint density at radius 1 is 1.25 bits per heavy atom. The number of piperidine rings is 1. The molecule has 28 heavy (non-hydrogen) atoms. The molecule has 0 atom stereocenters. The smallest absolute Gasteiger partial charge is 0.269 e. The second-order valence-electron chi connectivity index (χ2n) is 6.18. The minimum Gasteiger partial charge on any atom is -0.478 e. The van der Waals surface area contributed by atoms with Gasteiger partial charge in [0, 0.05) is 24.2 Å². The summed E-state index contributed by atoms with van der Waals surface area (Å²) in [4.78, 5) is 18.4. The Labute approximate surface area is 162 Å². The third kappa shape index (κ3) is 4.20. The quantitative estimate of drug-likeness (QED) is 0.543. The van der Waals surface area contributed by atoms with E-state index in [4.69, 9.17) is 4.74 Å². The van der Waals surface area contributed by atoms with Gasteiger partial charge in [-0.05, 0) is 45.0 Å². The first-order chi connectivity index (χ1) is 13.4. The molecule has 0 bridgehead atoms. The highest BCUT2D eigenvalue weighted by Gasteiger charge is 2.34. The third-order valence-electron chi connectivity index (χ3n) is 4.39. The van der Waals surface area contributed by atoms with Crippen LogP contribution in [-0.4, -0.2) is 49.0 Å². The minimum absolute atomic E-state index is 0.0341. The molecule has 150 valence electrons. The SMILES string of the molecule is CCOc1cc(N(C2CCNCC2)S(=O)(=O)c2ccc([N+](=O)[O-])cc2)ncn1. The van der Waals surface area contributed by atoms with Crippen molar-refractivity contribution in [3.05, 3.63) is 46.8 Å². The van der Waals surface area contributed by atoms with Crippen LogP contribution >= 0.6 is 0 Å². The number of sulfonamides is 1. The standard InChI is InChI=1S/C17H21N5O5S/c1-2-27-17-11-16(19-12-20-17)21(13-7-9-18-10-8-13)28(25,26)15-5-3-14(4-6-15)22(23)24/h3-6,11-13,18H,2,7-10H2,1H3. The Kier molecular flexibility index (Phi) is 6.05. The molecule has 0 radical (unpaired) electrons. The summed E-state index contributed by atoms with van der Waals surface area (Å²) in [7, 11) is -3.99. The Balaban J connectivity index is 2.04. The second-order valence-corrected chi connectivity index (χ2v) is 8.00. The van der Waals surface area contributed by atoms with Crippen LogP contribution in [0.25, 0.3) is 0 Å². The molecular weight excluding hydrogens is 386 g/mol. The fourth-order valence-electron chi connectivity index (χ4n) is 3.08. The number of nitrogens with zero attached hydrogens (tertiary/aromatic N) is 4. The van der Waals surface area contributed by atoms with Crippen LogP contribution in [0.1, 0.15) is 19.8 Å². The van der Waals surface area contributed by atoms with Crippen LogP contribution in [0.15, 0.2) is 41.6 Å². The molecule has 1 fully saturated rings. The van der Waals surface area contributed by atoms with Crippen molar-refractivity contribution in [2.45, 2.75) is 30.7 Å². The Bertz CT molecular complexity index is 929. The van der Waals surface area contributed by atoms with Crippen molar-refractivity contribution in [1.82, 2.24) is 15.3 Å². The van der Waals surface area contributed by atoms with Crippen LogP contribution in [-0.2, 0) is 10.0 Å². The summed E-state index contributed by atoms with van der Waals surface area (Å²) in [5, 5.41) is 14.1. The van der Waals surface area contributed by atoms with Gasteiger partial charge in [0.15, 0.2) is 0 Å². The number of nitro benzene ring substituents is 1. The lowest BCUT2D eigenvalue weighted by Crippen LogP contribution is -2.46. The third-order valence-corrected chi connectivity index (χ3v) is 6.26. The van der Waals surface area contributed by atoms with Crippen LogP contribution in [0.5, 0.6) is 5.88 Å². The van der Waals surface area contributed by atoms with Gasteiger partial charge < -0.3 is 10.1 Å². The summed E-state index contributed by atoms with van der Waals surface area (Å²) in [6.07, 6.45) is 2.49. The maximum atomic E-state index is 13.4. The zero-order valence-corrected chi connectivity index (χ0v) is 16.1. The largest absolute Gasteiger partial charge is 0.478 e. The average Bonchev–Trinajstić information content (AvgIpc) is 2.69. The Hall–Kier alpha value is -2.79. The Morgan fingerprint density at radius 3 is 2.54 bits per heavy atom. The molecule has 1 aliphatic rings. The normalized spacial score (nSPS) is 15.2. The van der Waals surface area contributed by atoms with Crippen LogP contribution in [0.3, 0.4) is 0 Å². The van der Waals surface area contributed by atoms with Crippen molar-refractivity contribution in [3.63, 3.8) is 0 Å². The lowest BCUT2D eigenvalue weighted by Gasteiger charge is -2.34. The van der Waals surface area contributed by atoms with Gasteiger partial charge in [-0.3, -0.25) is 10.1 Å². The van der Waals surface area contributed by atoms with Crippen molar-refractivity contribution >= 4 is 21.5 Å². The molecule has 2 heterocycles. The lowest BCUT2D eigenvalue weighted by atomic mass is 10.1. The van der Waals surface area contributed by atoms with Gasteiger partial charge in [0.1, 0.15) is 12.1 Å². The molecule has 11 heteroatoms. The summed E-state index contributed by atoms with van der Waals surface area (Å²) in [6.45, 7) is 3.56. The molecular formula is C17H21N5O5S. The first kappa shape index (κ1) is 20.0. The second kappa shape index (κ2) is 8.48. The van der Waals surface area contributed by atoms with Gasteiger partial charge in [0.2, 0.25) is 5.88 Å². The summed E-state index contributed by atoms with van der Waals surface area (Å²) < 4.78 is 33.5. The van der Waals surface area contributed by atoms with Crippen molar-refractivity contribution in [2.75, 3.05) is 24.0 Å². The maximum absolute atomic E-state index is 13.4. The molecule has 10 nitrogen and oxygen atoms in total. The molecule has 1 aromatic heterocycles. The molecule has 0 aliphatic carbocycles. The summed E-state index contributed by atoms with van der Waals surface area (Å²) >= 11 is 0. The maximum Gasteiger partial charge on any atom is 0.269 e. The van der Waals surface area contributed by atoms with E-state index in [1.54, 1.807) is 6.92 Å². The van der Waals surface area contributed by atoms with E-state index in [1.807, 2.05) is 0 Å². The van der Waals surface area contributed by atoms with Crippen LogP contribution in [0, 0.1) is 10.1 Å². The van der Waals surface area contributed by atoms with E-state index in [2.05, 4.69) is 15.3 Å². The first-order valence-electron chi connectivity index (χ1n) is 8.88. The van der Waals surface area contributed by atoms with E-state index >= 15 is 0 Å². The number of aromatic nitrogens is 2. The predicted octanol–water partition coefficient (Wildman–Crippen LogP) is 1.73. The number of anilines is 1. The number of hydrogen-bond donors (Lipinski definition) is 1. The molecule has 0 spiro atoms. The van der Waals surface area contributed by atoms with E-state index < -0.39 is 14.9 Å². The van der Waals surface area contributed by atoms with E-state index in [0.29, 0.717) is 32.5 Å². The number of benzene rings is 1. The summed E-state index contributed by atoms with van der Waals surface area (Å²) in [5.41, 5.74) is -0.173. The molecule has 1 aliphatic heterocycles. The highest BCUT2D eigenvalue weighted by atomic mass is 32.2. The van der Waals surface area contributed by atoms with E-state index in [9.17, 15) is 18.5 Å². The number of nitro groups is 1. The van der Waals surface area contributed by atoms with Gasteiger partial charge in [-0.25, -0.2) is 22.7 Å². The van der Waals surface area contributed by atoms with Crippen LogP contribution in [0.2, 0.25) is 0 Å². The number of nitrogens with one attached hydrogen (secondary N) is 1. The molecule has 1 N–H and O–H groups in total. The fraction of sp³-hybridized carbons (Fsp3) is 0.412. The number of hydrogen-bond acceptors (Lipinski definition) is 8. The predicted molar refractivity (Wildman–Crippen MR) is 102 cm³/mol. The van der Waals surface area contributed by atoms with Gasteiger partial charge in [-0.15, -0.1) is 0 Å². The molecule has 0 amide bonds. The van der Waals surface area contributed by atoms with Gasteiger partial charge in [-0.1, -0.05) is 0 Å². The van der Waals surface area contributed by atoms with E-state index in [0.717, 1.165) is 0 Å². The molecule has 0 unspecified atom stereocenters. The highest BCUT2D eigenvalue weighted by molar-refractivity contribution is 7.92. The first-order valence-corrected chi connectivity index (χ1v) is 10.3. The van der Waals surface area contributed by atoms with Crippen LogP contribution < -0.4 is 14.4 Å². The van der Waals surface area contributed by atoms with Crippen molar-refractivity contribution in [1.29, 1.82) is 0 Å². The van der Waals surface area contributed by atoms with Gasteiger partial charge >= 0.3 is 0 Å². The molecule has 1 saturated heterocycles. The summed E-state index contributed by atoms with van der Waals surface area (Å²) in [6, 6.07) is 6.04. The molecule has 3 rings (SSSR count). The van der Waals surface area contributed by atoms with Gasteiger partial charge in [0.25, 0.3) is 15.7 Å². The van der Waals surface area contributed by atoms with E-state index in [1.165, 1.54) is 41.0 Å². The van der Waals surface area contributed by atoms with Crippen LogP contribution in [0.4, 0.5) is 11.5 Å². The molecule has 0 saturated carbocycles. The zero-order valence-electron chi connectivity index (χ0n) is 15.3. The lowest BCUT2D eigenvalue weighted by molar-refractivity contribution is -0.384. The van der Waals surface area contributed by atoms with Crippen molar-refractivity contribution in [2.24, 2.45) is 0 Å². The molecule has 1 aromatic carbocycles. The monoisotopic (exact) mass is 407 g/mol. The fourth-order valence-corrected chi connectivity index (χ4v) is 4.73.